The van der Waals surface area contributed by atoms with Crippen molar-refractivity contribution >= 4 is 56.6 Å². The van der Waals surface area contributed by atoms with Crippen LogP contribution in [-0.4, -0.2) is 84.0 Å². The van der Waals surface area contributed by atoms with Gasteiger partial charge in [0.1, 0.15) is 6.04 Å². The molecule has 61 heavy (non-hydrogen) atoms. The van der Waals surface area contributed by atoms with Crippen LogP contribution < -0.4 is 21.3 Å². The van der Waals surface area contributed by atoms with Crippen molar-refractivity contribution < 1.29 is 37.5 Å². The number of piperidine rings is 1. The highest BCUT2D eigenvalue weighted by molar-refractivity contribution is 7.89. The summed E-state index contributed by atoms with van der Waals surface area (Å²) in [6.45, 7) is 2.74. The quantitative estimate of drug-likeness (QED) is 0.0701. The molecule has 0 saturated carbocycles. The van der Waals surface area contributed by atoms with Crippen LogP contribution in [-0.2, 0) is 24.4 Å². The summed E-state index contributed by atoms with van der Waals surface area (Å²) in [7, 11) is -3.80. The maximum absolute atomic E-state index is 14.0. The molecule has 0 bridgehead atoms. The van der Waals surface area contributed by atoms with Crippen LogP contribution in [0.15, 0.2) is 89.8 Å². The minimum Gasteiger partial charge on any atom is -0.394 e. The molecule has 5 N–H and O–H groups in total. The van der Waals surface area contributed by atoms with Gasteiger partial charge >= 0.3 is 0 Å². The zero-order chi connectivity index (χ0) is 42.8. The van der Waals surface area contributed by atoms with E-state index in [4.69, 9.17) is 0 Å². The van der Waals surface area contributed by atoms with Crippen molar-refractivity contribution in [1.82, 2.24) is 14.5 Å². The van der Waals surface area contributed by atoms with Gasteiger partial charge in [0.15, 0.2) is 0 Å². The van der Waals surface area contributed by atoms with Gasteiger partial charge in [-0.15, -0.1) is 0 Å². The summed E-state index contributed by atoms with van der Waals surface area (Å²) in [5, 5.41) is 22.2. The van der Waals surface area contributed by atoms with Crippen molar-refractivity contribution in [2.24, 2.45) is 5.92 Å². The minimum atomic E-state index is -3.80. The number of aliphatic hydroxyl groups is 1. The number of benzene rings is 4. The lowest BCUT2D eigenvalue weighted by Gasteiger charge is -2.39. The topological polar surface area (TPSA) is 194 Å². The molecule has 4 heterocycles. The molecule has 2 saturated heterocycles. The number of fused-ring (bicyclic) bond motifs is 4. The molecule has 0 aromatic heterocycles. The Morgan fingerprint density at radius 2 is 1.61 bits per heavy atom. The number of anilines is 3. The van der Waals surface area contributed by atoms with Crippen LogP contribution in [0.25, 0.3) is 11.1 Å². The van der Waals surface area contributed by atoms with E-state index in [1.165, 1.54) is 0 Å². The number of rotatable bonds is 15. The Balaban J connectivity index is 0.820. The van der Waals surface area contributed by atoms with Gasteiger partial charge in [-0.3, -0.25) is 34.2 Å². The molecule has 2 fully saturated rings. The monoisotopic (exact) mass is 846 g/mol. The van der Waals surface area contributed by atoms with Gasteiger partial charge in [-0.25, -0.2) is 8.42 Å². The number of hydrogen-bond donors (Lipinski definition) is 5. The second-order valence-electron chi connectivity index (χ2n) is 16.3. The molecule has 0 spiro atoms. The van der Waals surface area contributed by atoms with E-state index in [-0.39, 0.29) is 53.3 Å². The zero-order valence-electron chi connectivity index (χ0n) is 34.0. The first-order valence-corrected chi connectivity index (χ1v) is 22.5. The fraction of sp³-hybridized carbons (Fsp3) is 0.370. The standard InChI is InChI=1S/C46H50N6O8S/c1-28-14-17-32(18-15-28)61(59,60)51-24-22-33-38(27-53)49-36-19-16-30(26-35(36)43(33)51)29-9-7-10-31(25-29)48-40(54)13-5-3-2-4-6-23-47-37-12-8-11-34-42(37)46(58)52(45(34)57)39-20-21-41(55)50-44(39)56/h7-12,14-19,25-26,33,38-39,43,47,49,53H,2-6,13,20-24,27H2,1H3,(H,48,54)(H,50,55,56)/t33-,38+,39?,43-/m1/s1. The Hall–Kier alpha value is -5.90. The summed E-state index contributed by atoms with van der Waals surface area (Å²) < 4.78 is 29.6. The Bertz CT molecular complexity index is 2490. The van der Waals surface area contributed by atoms with Crippen molar-refractivity contribution in [2.45, 2.75) is 87.7 Å². The third kappa shape index (κ3) is 8.42. The fourth-order valence-electron chi connectivity index (χ4n) is 9.14. The maximum Gasteiger partial charge on any atom is 0.264 e. The number of nitrogens with one attached hydrogen (secondary N) is 4. The molecule has 8 rings (SSSR count). The molecule has 4 aromatic rings. The van der Waals surface area contributed by atoms with Crippen molar-refractivity contribution in [3.8, 4) is 11.1 Å². The Morgan fingerprint density at radius 3 is 2.39 bits per heavy atom. The van der Waals surface area contributed by atoms with Crippen LogP contribution in [0.4, 0.5) is 17.1 Å². The Morgan fingerprint density at radius 1 is 0.852 bits per heavy atom. The molecular weight excluding hydrogens is 797 g/mol. The number of aryl methyl sites for hydroxylation is 1. The number of carbonyl (C=O) groups is 5. The van der Waals surface area contributed by atoms with Crippen molar-refractivity contribution in [3.63, 3.8) is 0 Å². The van der Waals surface area contributed by atoms with E-state index in [0.29, 0.717) is 37.3 Å². The molecule has 5 amide bonds. The summed E-state index contributed by atoms with van der Waals surface area (Å²) in [5.41, 5.74) is 6.08. The van der Waals surface area contributed by atoms with E-state index < -0.39 is 45.7 Å². The van der Waals surface area contributed by atoms with Gasteiger partial charge in [-0.1, -0.05) is 61.2 Å². The van der Waals surface area contributed by atoms with E-state index in [1.54, 1.807) is 46.8 Å². The molecule has 4 atom stereocenters. The van der Waals surface area contributed by atoms with Crippen LogP contribution in [0, 0.1) is 12.8 Å². The summed E-state index contributed by atoms with van der Waals surface area (Å²) in [4.78, 5) is 64.7. The van der Waals surface area contributed by atoms with Gasteiger partial charge in [0.05, 0.1) is 34.7 Å². The average molecular weight is 847 g/mol. The highest BCUT2D eigenvalue weighted by Gasteiger charge is 2.49. The first-order valence-electron chi connectivity index (χ1n) is 21.0. The second kappa shape index (κ2) is 17.6. The first kappa shape index (κ1) is 41.8. The van der Waals surface area contributed by atoms with E-state index in [1.807, 2.05) is 49.4 Å². The molecule has 14 nitrogen and oxygen atoms in total. The van der Waals surface area contributed by atoms with Crippen LogP contribution >= 0.6 is 0 Å². The van der Waals surface area contributed by atoms with Crippen LogP contribution in [0.2, 0.25) is 0 Å². The second-order valence-corrected chi connectivity index (χ2v) is 18.2. The molecule has 15 heteroatoms. The number of imide groups is 2. The summed E-state index contributed by atoms with van der Waals surface area (Å²) in [5.74, 6) is -2.33. The number of aliphatic hydroxyl groups excluding tert-OH is 1. The molecule has 0 aliphatic carbocycles. The van der Waals surface area contributed by atoms with E-state index in [9.17, 15) is 37.5 Å². The number of unbranched alkanes of at least 4 members (excludes halogenated alkanes) is 4. The van der Waals surface area contributed by atoms with Crippen LogP contribution in [0.5, 0.6) is 0 Å². The SMILES string of the molecule is Cc1ccc(S(=O)(=O)N2CC[C@@H]3[C@H](CO)Nc4ccc(-c5cccc(NC(=O)CCCCCCCNc6cccc7c6C(=O)N(C6CCC(=O)NC6=O)C7=O)c5)cc4[C@@H]32)cc1. The number of sulfonamides is 1. The van der Waals surface area contributed by atoms with E-state index >= 15 is 0 Å². The molecule has 1 unspecified atom stereocenters. The zero-order valence-corrected chi connectivity index (χ0v) is 34.8. The molecule has 4 aliphatic rings. The Kier molecular flexibility index (Phi) is 12.1. The fourth-order valence-corrected chi connectivity index (χ4v) is 10.8. The van der Waals surface area contributed by atoms with Gasteiger partial charge in [-0.05, 0) is 97.8 Å². The smallest absolute Gasteiger partial charge is 0.264 e. The van der Waals surface area contributed by atoms with E-state index in [2.05, 4.69) is 21.3 Å². The number of amides is 5. The number of carbonyl (C=O) groups excluding carboxylic acids is 5. The van der Waals surface area contributed by atoms with Crippen LogP contribution in [0.3, 0.4) is 0 Å². The predicted octanol–water partition coefficient (Wildman–Crippen LogP) is 5.99. The van der Waals surface area contributed by atoms with Gasteiger partial charge in [0.25, 0.3) is 11.8 Å². The third-order valence-corrected chi connectivity index (χ3v) is 14.2. The predicted molar refractivity (Wildman–Crippen MR) is 230 cm³/mol. The van der Waals surface area contributed by atoms with Gasteiger partial charge < -0.3 is 21.1 Å². The average Bonchev–Trinajstić information content (AvgIpc) is 3.82. The molecule has 0 radical (unpaired) electrons. The van der Waals surface area contributed by atoms with Crippen molar-refractivity contribution in [2.75, 3.05) is 35.6 Å². The maximum atomic E-state index is 14.0. The largest absolute Gasteiger partial charge is 0.394 e. The summed E-state index contributed by atoms with van der Waals surface area (Å²) >= 11 is 0. The normalized spacial score (nSPS) is 21.0. The lowest BCUT2D eigenvalue weighted by molar-refractivity contribution is -0.136. The molecular formula is C46H50N6O8S. The molecule has 4 aliphatic heterocycles. The number of nitrogens with zero attached hydrogens (tertiary/aromatic N) is 2. The first-order chi connectivity index (χ1) is 29.4. The summed E-state index contributed by atoms with van der Waals surface area (Å²) in [6, 6.07) is 23.7. The van der Waals surface area contributed by atoms with Crippen molar-refractivity contribution in [3.05, 3.63) is 107 Å². The summed E-state index contributed by atoms with van der Waals surface area (Å²) in [6.07, 6.45) is 5.35. The highest BCUT2D eigenvalue weighted by Crippen LogP contribution is 2.49. The van der Waals surface area contributed by atoms with Gasteiger partial charge in [-0.2, -0.15) is 4.31 Å². The molecule has 318 valence electrons. The van der Waals surface area contributed by atoms with Gasteiger partial charge in [0, 0.05) is 48.9 Å². The van der Waals surface area contributed by atoms with E-state index in [0.717, 1.165) is 64.9 Å². The lowest BCUT2D eigenvalue weighted by Crippen LogP contribution is -2.54. The lowest BCUT2D eigenvalue weighted by atomic mass is 9.82. The minimum absolute atomic E-state index is 0.0618. The molecule has 4 aromatic carbocycles. The van der Waals surface area contributed by atoms with Gasteiger partial charge in [0.2, 0.25) is 27.7 Å². The van der Waals surface area contributed by atoms with Crippen LogP contribution in [0.1, 0.15) is 95.7 Å². The third-order valence-electron chi connectivity index (χ3n) is 12.3. The number of hydrogen-bond acceptors (Lipinski definition) is 10. The van der Waals surface area contributed by atoms with Crippen molar-refractivity contribution in [1.29, 1.82) is 0 Å². The highest BCUT2D eigenvalue weighted by atomic mass is 32.2. The Labute approximate surface area is 355 Å².